The number of nitrogens with one attached hydrogen (secondary N) is 2. The van der Waals surface area contributed by atoms with Gasteiger partial charge in [-0.3, -0.25) is 9.89 Å². The summed E-state index contributed by atoms with van der Waals surface area (Å²) in [6, 6.07) is 14.9. The van der Waals surface area contributed by atoms with Crippen LogP contribution in [0.2, 0.25) is 10.0 Å². The van der Waals surface area contributed by atoms with E-state index in [4.69, 9.17) is 23.2 Å². The predicted molar refractivity (Wildman–Crippen MR) is 101 cm³/mol. The van der Waals surface area contributed by atoms with Crippen LogP contribution in [0.25, 0.3) is 0 Å². The highest BCUT2D eigenvalue weighted by atomic mass is 35.5. The molecule has 0 atom stereocenters. The quantitative estimate of drug-likeness (QED) is 0.608. The summed E-state index contributed by atoms with van der Waals surface area (Å²) in [6.45, 7) is 0. The van der Waals surface area contributed by atoms with Crippen molar-refractivity contribution in [2.45, 2.75) is 11.6 Å². The number of aromatic amines is 1. The van der Waals surface area contributed by atoms with Crippen molar-refractivity contribution in [1.29, 1.82) is 0 Å². The van der Waals surface area contributed by atoms with Crippen LogP contribution in [0, 0.1) is 0 Å². The average molecular weight is 393 g/mol. The first-order valence-electron chi connectivity index (χ1n) is 7.43. The van der Waals surface area contributed by atoms with E-state index in [0.29, 0.717) is 27.3 Å². The molecule has 2 N–H and O–H groups in total. The molecule has 0 aliphatic rings. The Hall–Kier alpha value is -2.02. The summed E-state index contributed by atoms with van der Waals surface area (Å²) in [7, 11) is 0. The Balaban J connectivity index is 1.52. The van der Waals surface area contributed by atoms with Crippen LogP contribution in [-0.2, 0) is 11.2 Å². The van der Waals surface area contributed by atoms with Crippen molar-refractivity contribution in [2.24, 2.45) is 0 Å². The van der Waals surface area contributed by atoms with E-state index in [1.54, 1.807) is 18.2 Å². The number of thioether (sulfide) groups is 1. The molecule has 0 saturated carbocycles. The molecule has 25 heavy (non-hydrogen) atoms. The van der Waals surface area contributed by atoms with Crippen LogP contribution in [0.4, 0.5) is 5.69 Å². The summed E-state index contributed by atoms with van der Waals surface area (Å²) in [5.41, 5.74) is 1.67. The lowest BCUT2D eigenvalue weighted by atomic mass is 10.1. The van der Waals surface area contributed by atoms with Crippen molar-refractivity contribution in [2.75, 3.05) is 11.1 Å². The molecule has 1 amide bonds. The SMILES string of the molecule is O=C(CSc1n[nH]c(Cc2ccccc2)n1)Nc1ccc(Cl)cc1Cl. The fourth-order valence-corrected chi connectivity index (χ4v) is 3.19. The summed E-state index contributed by atoms with van der Waals surface area (Å²) in [6.07, 6.45) is 0.668. The number of rotatable bonds is 6. The lowest BCUT2D eigenvalue weighted by molar-refractivity contribution is -0.113. The van der Waals surface area contributed by atoms with Crippen LogP contribution < -0.4 is 5.32 Å². The van der Waals surface area contributed by atoms with Crippen molar-refractivity contribution in [1.82, 2.24) is 15.2 Å². The van der Waals surface area contributed by atoms with Gasteiger partial charge in [-0.25, -0.2) is 4.98 Å². The molecule has 0 aliphatic heterocycles. The maximum absolute atomic E-state index is 12.0. The second kappa shape index (κ2) is 8.38. The molecule has 0 radical (unpaired) electrons. The van der Waals surface area contributed by atoms with Crippen LogP contribution in [-0.4, -0.2) is 26.8 Å². The fourth-order valence-electron chi connectivity index (χ4n) is 2.12. The summed E-state index contributed by atoms with van der Waals surface area (Å²) < 4.78 is 0. The van der Waals surface area contributed by atoms with Crippen LogP contribution in [0.15, 0.2) is 53.7 Å². The van der Waals surface area contributed by atoms with E-state index in [1.807, 2.05) is 30.3 Å². The Bertz CT molecular complexity index is 870. The zero-order valence-electron chi connectivity index (χ0n) is 13.0. The number of nitrogens with zero attached hydrogens (tertiary/aromatic N) is 2. The molecule has 0 unspecified atom stereocenters. The third-order valence-corrected chi connectivity index (χ3v) is 4.66. The van der Waals surface area contributed by atoms with Gasteiger partial charge in [0.25, 0.3) is 0 Å². The Labute approximate surface area is 159 Å². The Morgan fingerprint density at radius 2 is 1.96 bits per heavy atom. The molecule has 3 aromatic rings. The predicted octanol–water partition coefficient (Wildman–Crippen LogP) is 4.43. The molecule has 1 aromatic heterocycles. The molecule has 1 heterocycles. The fraction of sp³-hybridized carbons (Fsp3) is 0.118. The number of aromatic nitrogens is 3. The number of carbonyl (C=O) groups excluding carboxylic acids is 1. The van der Waals surface area contributed by atoms with Crippen LogP contribution in [0.1, 0.15) is 11.4 Å². The number of carbonyl (C=O) groups is 1. The minimum Gasteiger partial charge on any atom is -0.324 e. The summed E-state index contributed by atoms with van der Waals surface area (Å²) >= 11 is 13.1. The normalized spacial score (nSPS) is 10.6. The first kappa shape index (κ1) is 17.8. The van der Waals surface area contributed by atoms with Gasteiger partial charge < -0.3 is 5.32 Å². The molecule has 0 saturated heterocycles. The number of benzene rings is 2. The lowest BCUT2D eigenvalue weighted by Gasteiger charge is -2.06. The number of halogens is 2. The van der Waals surface area contributed by atoms with Crippen molar-refractivity contribution in [3.05, 3.63) is 70.0 Å². The average Bonchev–Trinajstić information content (AvgIpc) is 3.04. The van der Waals surface area contributed by atoms with Crippen molar-refractivity contribution in [3.8, 4) is 0 Å². The minimum absolute atomic E-state index is 0.182. The van der Waals surface area contributed by atoms with Crippen LogP contribution >= 0.6 is 35.0 Å². The summed E-state index contributed by atoms with van der Waals surface area (Å²) in [4.78, 5) is 16.4. The van der Waals surface area contributed by atoms with E-state index in [-0.39, 0.29) is 11.7 Å². The number of hydrogen-bond acceptors (Lipinski definition) is 4. The lowest BCUT2D eigenvalue weighted by Crippen LogP contribution is -2.14. The Morgan fingerprint density at radius 1 is 1.16 bits per heavy atom. The van der Waals surface area contributed by atoms with Gasteiger partial charge in [-0.15, -0.1) is 5.10 Å². The van der Waals surface area contributed by atoms with E-state index in [2.05, 4.69) is 20.5 Å². The number of H-pyrrole nitrogens is 1. The van der Waals surface area contributed by atoms with Crippen LogP contribution in [0.3, 0.4) is 0 Å². The molecule has 8 heteroatoms. The van der Waals surface area contributed by atoms with E-state index in [1.165, 1.54) is 11.8 Å². The van der Waals surface area contributed by atoms with Crippen molar-refractivity contribution in [3.63, 3.8) is 0 Å². The minimum atomic E-state index is -0.191. The van der Waals surface area contributed by atoms with E-state index < -0.39 is 0 Å². The number of anilines is 1. The second-order valence-electron chi connectivity index (χ2n) is 5.19. The van der Waals surface area contributed by atoms with E-state index in [9.17, 15) is 4.79 Å². The van der Waals surface area contributed by atoms with Gasteiger partial charge in [0.1, 0.15) is 5.82 Å². The van der Waals surface area contributed by atoms with Gasteiger partial charge in [0.05, 0.1) is 16.5 Å². The van der Waals surface area contributed by atoms with E-state index in [0.717, 1.165) is 11.4 Å². The zero-order chi connectivity index (χ0) is 17.6. The maximum atomic E-state index is 12.0. The second-order valence-corrected chi connectivity index (χ2v) is 6.97. The van der Waals surface area contributed by atoms with Gasteiger partial charge in [0.15, 0.2) is 0 Å². The van der Waals surface area contributed by atoms with Gasteiger partial charge in [-0.1, -0.05) is 65.3 Å². The first-order valence-corrected chi connectivity index (χ1v) is 9.17. The van der Waals surface area contributed by atoms with Crippen molar-refractivity contribution >= 4 is 46.6 Å². The van der Waals surface area contributed by atoms with Crippen molar-refractivity contribution < 1.29 is 4.79 Å². The highest BCUT2D eigenvalue weighted by Gasteiger charge is 2.10. The molecule has 128 valence electrons. The van der Waals surface area contributed by atoms with Gasteiger partial charge in [0, 0.05) is 11.4 Å². The largest absolute Gasteiger partial charge is 0.324 e. The number of hydrogen-bond donors (Lipinski definition) is 2. The monoisotopic (exact) mass is 392 g/mol. The molecule has 5 nitrogen and oxygen atoms in total. The molecular formula is C17H14Cl2N4OS. The molecule has 0 spiro atoms. The smallest absolute Gasteiger partial charge is 0.234 e. The maximum Gasteiger partial charge on any atom is 0.234 e. The standard InChI is InChI=1S/C17H14Cl2N4OS/c18-12-6-7-14(13(19)9-12)20-16(24)10-25-17-21-15(22-23-17)8-11-4-2-1-3-5-11/h1-7,9H,8,10H2,(H,20,24)(H,21,22,23). The molecule has 0 bridgehead atoms. The third-order valence-electron chi connectivity index (χ3n) is 3.26. The topological polar surface area (TPSA) is 70.7 Å². The van der Waals surface area contributed by atoms with Gasteiger partial charge >= 0.3 is 0 Å². The molecule has 3 rings (SSSR count). The Morgan fingerprint density at radius 3 is 2.72 bits per heavy atom. The Kier molecular flexibility index (Phi) is 5.96. The third kappa shape index (κ3) is 5.22. The summed E-state index contributed by atoms with van der Waals surface area (Å²) in [5.74, 6) is 0.750. The highest BCUT2D eigenvalue weighted by molar-refractivity contribution is 7.99. The molecule has 0 aliphatic carbocycles. The molecular weight excluding hydrogens is 379 g/mol. The summed E-state index contributed by atoms with van der Waals surface area (Å²) in [5, 5.41) is 11.2. The number of amides is 1. The first-order chi connectivity index (χ1) is 12.1. The molecule has 2 aromatic carbocycles. The molecule has 0 fully saturated rings. The van der Waals surface area contributed by atoms with Crippen LogP contribution in [0.5, 0.6) is 0 Å². The van der Waals surface area contributed by atoms with Gasteiger partial charge in [-0.05, 0) is 23.8 Å². The van der Waals surface area contributed by atoms with E-state index >= 15 is 0 Å². The highest BCUT2D eigenvalue weighted by Crippen LogP contribution is 2.25. The van der Waals surface area contributed by atoms with Gasteiger partial charge in [-0.2, -0.15) is 0 Å². The van der Waals surface area contributed by atoms with Gasteiger partial charge in [0.2, 0.25) is 11.1 Å². The zero-order valence-corrected chi connectivity index (χ0v) is 15.3.